The molecule has 0 aliphatic carbocycles. The molecule has 14 heavy (non-hydrogen) atoms. The highest BCUT2D eigenvalue weighted by molar-refractivity contribution is 7.13. The fourth-order valence-electron chi connectivity index (χ4n) is 1.28. The van der Waals surface area contributed by atoms with Crippen LogP contribution in [-0.2, 0) is 6.54 Å². The normalized spacial score (nSPS) is 10.4. The third-order valence-electron chi connectivity index (χ3n) is 2.01. The van der Waals surface area contributed by atoms with Gasteiger partial charge in [0.05, 0.1) is 7.11 Å². The largest absolute Gasteiger partial charge is 0.495 e. The Balaban J connectivity index is 2.48. The second-order valence-electron chi connectivity index (χ2n) is 2.76. The molecule has 0 aliphatic heterocycles. The number of nitrogens with zero attached hydrogens (tertiary/aromatic N) is 3. The Hall–Kier alpha value is -1.36. The van der Waals surface area contributed by atoms with E-state index in [0.29, 0.717) is 0 Å². The van der Waals surface area contributed by atoms with Gasteiger partial charge in [-0.2, -0.15) is 0 Å². The predicted molar refractivity (Wildman–Crippen MR) is 55.6 cm³/mol. The minimum absolute atomic E-state index is 0.859. The third kappa shape index (κ3) is 1.39. The summed E-state index contributed by atoms with van der Waals surface area (Å²) in [6.07, 6.45) is 1.73. The lowest BCUT2D eigenvalue weighted by atomic mass is 10.4. The van der Waals surface area contributed by atoms with Crippen LogP contribution in [0.4, 0.5) is 0 Å². The number of hydrogen-bond acceptors (Lipinski definition) is 4. The Labute approximate surface area is 86.2 Å². The van der Waals surface area contributed by atoms with Gasteiger partial charge >= 0.3 is 0 Å². The first kappa shape index (κ1) is 9.21. The van der Waals surface area contributed by atoms with Crippen LogP contribution in [0.3, 0.4) is 0 Å². The average Bonchev–Trinajstić information content (AvgIpc) is 2.85. The summed E-state index contributed by atoms with van der Waals surface area (Å²) in [5.41, 5.74) is 0. The van der Waals surface area contributed by atoms with Gasteiger partial charge in [0.1, 0.15) is 17.0 Å². The van der Waals surface area contributed by atoms with E-state index in [2.05, 4.69) is 17.1 Å². The van der Waals surface area contributed by atoms with Crippen LogP contribution in [0.25, 0.3) is 10.7 Å². The maximum absolute atomic E-state index is 5.24. The molecule has 2 heterocycles. The Morgan fingerprint density at radius 2 is 2.43 bits per heavy atom. The van der Waals surface area contributed by atoms with Crippen LogP contribution >= 0.6 is 11.3 Å². The summed E-state index contributed by atoms with van der Waals surface area (Å²) in [5.74, 6) is 1.73. The summed E-state index contributed by atoms with van der Waals surface area (Å²) in [7, 11) is 1.66. The lowest BCUT2D eigenvalue weighted by molar-refractivity contribution is 0.417. The summed E-state index contributed by atoms with van der Waals surface area (Å²) >= 11 is 1.61. The van der Waals surface area contributed by atoms with Crippen molar-refractivity contribution >= 4 is 11.3 Å². The van der Waals surface area contributed by atoms with Gasteiger partial charge in [0, 0.05) is 6.54 Å². The molecule has 2 rings (SSSR count). The number of rotatable bonds is 3. The molecule has 2 aromatic heterocycles. The van der Waals surface area contributed by atoms with E-state index in [0.717, 1.165) is 23.0 Å². The molecule has 74 valence electrons. The van der Waals surface area contributed by atoms with Crippen LogP contribution in [0.1, 0.15) is 6.92 Å². The van der Waals surface area contributed by atoms with E-state index in [1.807, 2.05) is 16.0 Å². The lowest BCUT2D eigenvalue weighted by Gasteiger charge is -2.02. The molecule has 0 atom stereocenters. The highest BCUT2D eigenvalue weighted by Gasteiger charge is 2.12. The minimum Gasteiger partial charge on any atom is -0.495 e. The van der Waals surface area contributed by atoms with Crippen LogP contribution < -0.4 is 4.74 Å². The lowest BCUT2D eigenvalue weighted by Crippen LogP contribution is -1.95. The van der Waals surface area contributed by atoms with Crippen molar-refractivity contribution in [2.75, 3.05) is 7.11 Å². The Bertz CT molecular complexity index is 381. The van der Waals surface area contributed by atoms with Crippen molar-refractivity contribution in [3.8, 4) is 16.5 Å². The molecule has 0 aliphatic rings. The van der Waals surface area contributed by atoms with Crippen molar-refractivity contribution in [2.24, 2.45) is 0 Å². The van der Waals surface area contributed by atoms with E-state index in [1.165, 1.54) is 0 Å². The zero-order chi connectivity index (χ0) is 9.97. The third-order valence-corrected chi connectivity index (χ3v) is 2.90. The molecule has 0 spiro atoms. The molecule has 4 nitrogen and oxygen atoms in total. The van der Waals surface area contributed by atoms with E-state index >= 15 is 0 Å². The van der Waals surface area contributed by atoms with Crippen LogP contribution in [0.5, 0.6) is 5.75 Å². The van der Waals surface area contributed by atoms with Gasteiger partial charge in [-0.05, 0) is 18.4 Å². The van der Waals surface area contributed by atoms with E-state index < -0.39 is 0 Å². The quantitative estimate of drug-likeness (QED) is 0.776. The summed E-state index contributed by atoms with van der Waals surface area (Å²) in [6, 6.07) is 1.94. The fourth-order valence-corrected chi connectivity index (χ4v) is 2.14. The smallest absolute Gasteiger partial charge is 0.177 e. The second kappa shape index (κ2) is 3.79. The Morgan fingerprint density at radius 3 is 3.14 bits per heavy atom. The van der Waals surface area contributed by atoms with Gasteiger partial charge in [-0.1, -0.05) is 0 Å². The molecule has 0 N–H and O–H groups in total. The molecule has 0 aromatic carbocycles. The molecular formula is C9H11N3OS. The molecule has 2 aromatic rings. The SMILES string of the molecule is CCn1cnnc1-c1sccc1OC. The van der Waals surface area contributed by atoms with Crippen molar-refractivity contribution in [3.05, 3.63) is 17.8 Å². The summed E-state index contributed by atoms with van der Waals surface area (Å²) in [6.45, 7) is 2.93. The van der Waals surface area contributed by atoms with E-state index in [4.69, 9.17) is 4.74 Å². The highest BCUT2D eigenvalue weighted by atomic mass is 32.1. The zero-order valence-corrected chi connectivity index (χ0v) is 8.91. The van der Waals surface area contributed by atoms with Gasteiger partial charge in [-0.3, -0.25) is 0 Å². The Kier molecular flexibility index (Phi) is 2.49. The molecule has 0 radical (unpaired) electrons. The number of hydrogen-bond donors (Lipinski definition) is 0. The van der Waals surface area contributed by atoms with Crippen LogP contribution in [0.15, 0.2) is 17.8 Å². The number of aryl methyl sites for hydroxylation is 1. The molecule has 0 amide bonds. The predicted octanol–water partition coefficient (Wildman–Crippen LogP) is 2.04. The molecular weight excluding hydrogens is 198 g/mol. The zero-order valence-electron chi connectivity index (χ0n) is 8.10. The molecule has 0 bridgehead atoms. The van der Waals surface area contributed by atoms with Crippen LogP contribution in [0.2, 0.25) is 0 Å². The maximum Gasteiger partial charge on any atom is 0.177 e. The minimum atomic E-state index is 0.859. The van der Waals surface area contributed by atoms with Crippen LogP contribution in [0, 0.1) is 0 Å². The number of aromatic nitrogens is 3. The number of thiophene rings is 1. The standard InChI is InChI=1S/C9H11N3OS/c1-3-12-6-10-11-9(12)8-7(13-2)4-5-14-8/h4-6H,3H2,1-2H3. The van der Waals surface area contributed by atoms with Crippen LogP contribution in [-0.4, -0.2) is 21.9 Å². The van der Waals surface area contributed by atoms with E-state index in [9.17, 15) is 0 Å². The number of ether oxygens (including phenoxy) is 1. The van der Waals surface area contributed by atoms with Gasteiger partial charge in [-0.15, -0.1) is 21.5 Å². The Morgan fingerprint density at radius 1 is 1.57 bits per heavy atom. The molecule has 0 fully saturated rings. The van der Waals surface area contributed by atoms with Gasteiger partial charge < -0.3 is 9.30 Å². The maximum atomic E-state index is 5.24. The summed E-state index contributed by atoms with van der Waals surface area (Å²) in [4.78, 5) is 1.03. The molecule has 0 unspecified atom stereocenters. The summed E-state index contributed by atoms with van der Waals surface area (Å²) in [5, 5.41) is 9.96. The first-order chi connectivity index (χ1) is 6.86. The van der Waals surface area contributed by atoms with Crippen molar-refractivity contribution in [1.29, 1.82) is 0 Å². The van der Waals surface area contributed by atoms with Crippen molar-refractivity contribution < 1.29 is 4.74 Å². The molecule has 5 heteroatoms. The van der Waals surface area contributed by atoms with Crippen molar-refractivity contribution in [2.45, 2.75) is 13.5 Å². The first-order valence-electron chi connectivity index (χ1n) is 4.36. The van der Waals surface area contributed by atoms with E-state index in [-0.39, 0.29) is 0 Å². The average molecular weight is 209 g/mol. The fraction of sp³-hybridized carbons (Fsp3) is 0.333. The topological polar surface area (TPSA) is 39.9 Å². The van der Waals surface area contributed by atoms with Crippen molar-refractivity contribution in [3.63, 3.8) is 0 Å². The second-order valence-corrected chi connectivity index (χ2v) is 3.67. The molecule has 0 saturated carbocycles. The van der Waals surface area contributed by atoms with Crippen molar-refractivity contribution in [1.82, 2.24) is 14.8 Å². The van der Waals surface area contributed by atoms with Gasteiger partial charge in [0.2, 0.25) is 0 Å². The highest BCUT2D eigenvalue weighted by Crippen LogP contribution is 2.33. The summed E-state index contributed by atoms with van der Waals surface area (Å²) < 4.78 is 7.23. The van der Waals surface area contributed by atoms with Gasteiger partial charge in [-0.25, -0.2) is 0 Å². The van der Waals surface area contributed by atoms with E-state index in [1.54, 1.807) is 24.8 Å². The number of methoxy groups -OCH3 is 1. The van der Waals surface area contributed by atoms with Gasteiger partial charge in [0.25, 0.3) is 0 Å². The monoisotopic (exact) mass is 209 g/mol. The molecule has 0 saturated heterocycles. The first-order valence-corrected chi connectivity index (χ1v) is 5.24. The van der Waals surface area contributed by atoms with Gasteiger partial charge in [0.15, 0.2) is 5.82 Å².